The molecule has 0 amide bonds. The van der Waals surface area contributed by atoms with Crippen LogP contribution in [0.2, 0.25) is 5.02 Å². The second-order valence-electron chi connectivity index (χ2n) is 7.68. The molecule has 2 heterocycles. The molecule has 0 saturated heterocycles. The Morgan fingerprint density at radius 3 is 2.65 bits per heavy atom. The van der Waals surface area contributed by atoms with Gasteiger partial charge in [-0.25, -0.2) is 9.97 Å². The van der Waals surface area contributed by atoms with E-state index in [1.807, 2.05) is 13.8 Å². The van der Waals surface area contributed by atoms with Gasteiger partial charge in [-0.05, 0) is 23.6 Å². The normalized spacial score (nSPS) is 12.8. The van der Waals surface area contributed by atoms with Crippen molar-refractivity contribution in [1.29, 1.82) is 0 Å². The second kappa shape index (κ2) is 8.98. The van der Waals surface area contributed by atoms with E-state index >= 15 is 0 Å². The number of carbonyl (C=O) groups is 1. The molecule has 8 heteroatoms. The highest BCUT2D eigenvalue weighted by atomic mass is 35.5. The van der Waals surface area contributed by atoms with Crippen LogP contribution in [-0.2, 0) is 11.2 Å². The molecule has 1 aliphatic rings. The third-order valence-corrected chi connectivity index (χ3v) is 5.18. The number of ketones is 1. The van der Waals surface area contributed by atoms with Crippen LogP contribution in [0.15, 0.2) is 30.6 Å². The van der Waals surface area contributed by atoms with E-state index in [1.54, 1.807) is 31.4 Å². The zero-order chi connectivity index (χ0) is 22.0. The summed E-state index contributed by atoms with van der Waals surface area (Å²) < 4.78 is 23.0. The van der Waals surface area contributed by atoms with Crippen LogP contribution in [0.1, 0.15) is 25.8 Å². The summed E-state index contributed by atoms with van der Waals surface area (Å²) in [5, 5.41) is 1.06. The summed E-state index contributed by atoms with van der Waals surface area (Å²) in [6.07, 6.45) is 2.23. The van der Waals surface area contributed by atoms with Crippen molar-refractivity contribution in [3.63, 3.8) is 0 Å². The van der Waals surface area contributed by atoms with E-state index in [1.165, 1.54) is 6.33 Å². The van der Waals surface area contributed by atoms with E-state index in [-0.39, 0.29) is 5.78 Å². The lowest BCUT2D eigenvalue weighted by molar-refractivity contribution is -0.119. The van der Waals surface area contributed by atoms with Gasteiger partial charge in [0.15, 0.2) is 11.5 Å². The molecule has 1 aliphatic heterocycles. The SMILES string of the molecule is COc1cc2ncnc(Oc3ccc(CC(=O)CC(C)C)c(Cl)c3)c2c2c1OCCO2. The Kier molecular flexibility index (Phi) is 6.13. The number of carbonyl (C=O) groups excluding carboxylic acids is 1. The molecule has 0 atom stereocenters. The molecule has 162 valence electrons. The molecular formula is C23H23ClN2O5. The average Bonchev–Trinajstić information content (AvgIpc) is 2.74. The van der Waals surface area contributed by atoms with E-state index in [0.717, 1.165) is 5.56 Å². The number of halogens is 1. The molecule has 0 fully saturated rings. The number of aromatic nitrogens is 2. The summed E-state index contributed by atoms with van der Waals surface area (Å²) >= 11 is 6.42. The van der Waals surface area contributed by atoms with Gasteiger partial charge in [-0.15, -0.1) is 0 Å². The zero-order valence-electron chi connectivity index (χ0n) is 17.6. The Labute approximate surface area is 185 Å². The fourth-order valence-electron chi connectivity index (χ4n) is 3.50. The lowest BCUT2D eigenvalue weighted by Crippen LogP contribution is -2.16. The molecule has 0 N–H and O–H groups in total. The summed E-state index contributed by atoms with van der Waals surface area (Å²) in [4.78, 5) is 20.8. The highest BCUT2D eigenvalue weighted by Gasteiger charge is 2.25. The molecule has 2 aromatic carbocycles. The number of ether oxygens (including phenoxy) is 4. The molecule has 0 bridgehead atoms. The monoisotopic (exact) mass is 442 g/mol. The highest BCUT2D eigenvalue weighted by Crippen LogP contribution is 2.47. The fourth-order valence-corrected chi connectivity index (χ4v) is 3.73. The predicted octanol–water partition coefficient (Wildman–Crippen LogP) is 5.01. The first-order valence-corrected chi connectivity index (χ1v) is 10.4. The van der Waals surface area contributed by atoms with Crippen LogP contribution in [0, 0.1) is 5.92 Å². The number of fused-ring (bicyclic) bond motifs is 3. The molecule has 3 aromatic rings. The Bertz CT molecular complexity index is 1130. The minimum atomic E-state index is 0.157. The van der Waals surface area contributed by atoms with Gasteiger partial charge in [0.2, 0.25) is 11.6 Å². The lowest BCUT2D eigenvalue weighted by atomic mass is 10.0. The molecule has 0 radical (unpaired) electrons. The lowest BCUT2D eigenvalue weighted by Gasteiger charge is -2.22. The summed E-state index contributed by atoms with van der Waals surface area (Å²) in [5.41, 5.74) is 1.37. The third-order valence-electron chi connectivity index (χ3n) is 4.83. The number of nitrogens with zero attached hydrogens (tertiary/aromatic N) is 2. The summed E-state index contributed by atoms with van der Waals surface area (Å²) in [6.45, 7) is 4.86. The third kappa shape index (κ3) is 4.51. The van der Waals surface area contributed by atoms with Crippen LogP contribution in [0.3, 0.4) is 0 Å². The maximum Gasteiger partial charge on any atom is 0.234 e. The zero-order valence-corrected chi connectivity index (χ0v) is 18.4. The van der Waals surface area contributed by atoms with Crippen LogP contribution in [0.25, 0.3) is 10.9 Å². The van der Waals surface area contributed by atoms with E-state index in [0.29, 0.717) is 76.8 Å². The molecular weight excluding hydrogens is 420 g/mol. The maximum absolute atomic E-state index is 12.1. The van der Waals surface area contributed by atoms with Crippen molar-refractivity contribution in [2.75, 3.05) is 20.3 Å². The molecule has 31 heavy (non-hydrogen) atoms. The topological polar surface area (TPSA) is 79.8 Å². The number of rotatable bonds is 7. The van der Waals surface area contributed by atoms with Gasteiger partial charge >= 0.3 is 0 Å². The Balaban J connectivity index is 1.66. The van der Waals surface area contributed by atoms with Crippen LogP contribution in [0.5, 0.6) is 28.9 Å². The van der Waals surface area contributed by atoms with Crippen molar-refractivity contribution < 1.29 is 23.7 Å². The van der Waals surface area contributed by atoms with Gasteiger partial charge in [-0.3, -0.25) is 4.79 Å². The summed E-state index contributed by atoms with van der Waals surface area (Å²) in [7, 11) is 1.56. The van der Waals surface area contributed by atoms with Gasteiger partial charge < -0.3 is 18.9 Å². The van der Waals surface area contributed by atoms with E-state index < -0.39 is 0 Å². The first kappa shape index (κ1) is 21.2. The van der Waals surface area contributed by atoms with Gasteiger partial charge in [-0.1, -0.05) is 31.5 Å². The van der Waals surface area contributed by atoms with Crippen LogP contribution >= 0.6 is 11.6 Å². The van der Waals surface area contributed by atoms with Gasteiger partial charge in [0.25, 0.3) is 0 Å². The van der Waals surface area contributed by atoms with Gasteiger partial charge in [-0.2, -0.15) is 0 Å². The molecule has 1 aromatic heterocycles. The molecule has 0 unspecified atom stereocenters. The number of benzene rings is 2. The second-order valence-corrected chi connectivity index (χ2v) is 8.08. The highest BCUT2D eigenvalue weighted by molar-refractivity contribution is 6.31. The minimum Gasteiger partial charge on any atom is -0.493 e. The summed E-state index contributed by atoms with van der Waals surface area (Å²) in [6, 6.07) is 7.01. The number of methoxy groups -OCH3 is 1. The minimum absolute atomic E-state index is 0.157. The Morgan fingerprint density at radius 1 is 1.16 bits per heavy atom. The van der Waals surface area contributed by atoms with Gasteiger partial charge in [0, 0.05) is 23.9 Å². The first-order chi connectivity index (χ1) is 15.0. The van der Waals surface area contributed by atoms with Gasteiger partial charge in [0.1, 0.15) is 36.5 Å². The van der Waals surface area contributed by atoms with E-state index in [9.17, 15) is 4.79 Å². The summed E-state index contributed by atoms with van der Waals surface area (Å²) in [5.74, 6) is 2.79. The number of hydrogen-bond donors (Lipinski definition) is 0. The average molecular weight is 443 g/mol. The standard InChI is InChI=1S/C23H23ClN2O5/c1-13(2)8-15(27)9-14-4-5-16(10-17(14)24)31-23-20-18(25-12-26-23)11-19(28-3)21-22(20)30-7-6-29-21/h4-5,10-13H,6-9H2,1-3H3. The first-order valence-electron chi connectivity index (χ1n) is 10.1. The van der Waals surface area contributed by atoms with Crippen molar-refractivity contribution in [3.05, 3.63) is 41.2 Å². The van der Waals surface area contributed by atoms with E-state index in [4.69, 9.17) is 30.5 Å². The van der Waals surface area contributed by atoms with E-state index in [2.05, 4.69) is 9.97 Å². The number of hydrogen-bond acceptors (Lipinski definition) is 7. The molecule has 0 saturated carbocycles. The van der Waals surface area contributed by atoms with Crippen molar-refractivity contribution in [2.45, 2.75) is 26.7 Å². The smallest absolute Gasteiger partial charge is 0.234 e. The largest absolute Gasteiger partial charge is 0.493 e. The molecule has 7 nitrogen and oxygen atoms in total. The molecule has 0 aliphatic carbocycles. The fraction of sp³-hybridized carbons (Fsp3) is 0.348. The van der Waals surface area contributed by atoms with Crippen LogP contribution in [-0.4, -0.2) is 36.1 Å². The Morgan fingerprint density at radius 2 is 1.94 bits per heavy atom. The van der Waals surface area contributed by atoms with Crippen molar-refractivity contribution in [3.8, 4) is 28.9 Å². The van der Waals surface area contributed by atoms with Crippen LogP contribution in [0.4, 0.5) is 0 Å². The number of Topliss-reactive ketones (excluding diaryl/α,β-unsaturated/α-hetero) is 1. The van der Waals surface area contributed by atoms with Crippen LogP contribution < -0.4 is 18.9 Å². The predicted molar refractivity (Wildman–Crippen MR) is 117 cm³/mol. The Hall–Kier alpha value is -3.06. The maximum atomic E-state index is 12.1. The molecule has 4 rings (SSSR count). The quantitative estimate of drug-likeness (QED) is 0.508. The molecule has 0 spiro atoms. The van der Waals surface area contributed by atoms with Crippen molar-refractivity contribution >= 4 is 28.3 Å². The van der Waals surface area contributed by atoms with Crippen molar-refractivity contribution in [1.82, 2.24) is 9.97 Å². The van der Waals surface area contributed by atoms with Crippen molar-refractivity contribution in [2.24, 2.45) is 5.92 Å². The van der Waals surface area contributed by atoms with Gasteiger partial charge in [0.05, 0.1) is 12.6 Å².